The number of piperidine rings is 1. The van der Waals surface area contributed by atoms with Crippen LogP contribution < -0.4 is 15.4 Å². The second kappa shape index (κ2) is 11.6. The number of nitrogens with two attached hydrogens (primary N) is 1. The fourth-order valence-electron chi connectivity index (χ4n) is 5.05. The number of hydrogen-bond acceptors (Lipinski definition) is 9. The summed E-state index contributed by atoms with van der Waals surface area (Å²) >= 11 is 6.21. The SMILES string of the molecule is CCOC1(C(N)=O)CCN(c2cc(OCC(C)(C)O)nc3c(-c4ccc(Cl)cc4)c(-c4ccc(C#N)nc4)nn23)CC1. The lowest BCUT2D eigenvalue weighted by Gasteiger charge is -2.40. The highest BCUT2D eigenvalue weighted by atomic mass is 35.5. The number of primary amides is 1. The van der Waals surface area contributed by atoms with E-state index in [1.807, 2.05) is 25.1 Å². The Morgan fingerprint density at radius 3 is 2.45 bits per heavy atom. The van der Waals surface area contributed by atoms with Crippen LogP contribution in [0.4, 0.5) is 5.82 Å². The maximum Gasteiger partial charge on any atom is 0.249 e. The minimum Gasteiger partial charge on any atom is -0.474 e. The average Bonchev–Trinajstić information content (AvgIpc) is 3.36. The van der Waals surface area contributed by atoms with Crippen molar-refractivity contribution in [3.63, 3.8) is 0 Å². The van der Waals surface area contributed by atoms with E-state index in [0.29, 0.717) is 71.7 Å². The molecular weight excluding hydrogens is 558 g/mol. The third-order valence-electron chi connectivity index (χ3n) is 7.17. The highest BCUT2D eigenvalue weighted by Crippen LogP contribution is 2.39. The standard InChI is InChI=1S/C30H32ClN7O4/c1-4-42-30(28(33)39)11-13-37(14-12-30)24-15-23(41-18-29(2,3)40)35-27-25(19-5-8-21(31)9-6-19)26(36-38(24)27)20-7-10-22(16-32)34-17-20/h5-10,15,17,40H,4,11-14,18H2,1-3H3,(H2,33,39). The van der Waals surface area contributed by atoms with Gasteiger partial charge < -0.3 is 25.2 Å². The Morgan fingerprint density at radius 2 is 1.88 bits per heavy atom. The predicted octanol–water partition coefficient (Wildman–Crippen LogP) is 3.99. The molecule has 1 amide bonds. The highest BCUT2D eigenvalue weighted by Gasteiger charge is 2.41. The van der Waals surface area contributed by atoms with Gasteiger partial charge in [0, 0.05) is 55.4 Å². The van der Waals surface area contributed by atoms with Crippen LogP contribution >= 0.6 is 11.6 Å². The zero-order valence-corrected chi connectivity index (χ0v) is 24.4. The molecular formula is C30H32ClN7O4. The van der Waals surface area contributed by atoms with Crippen LogP contribution in [0.2, 0.25) is 5.02 Å². The van der Waals surface area contributed by atoms with Crippen molar-refractivity contribution in [1.29, 1.82) is 5.26 Å². The number of benzene rings is 1. The van der Waals surface area contributed by atoms with E-state index in [-0.39, 0.29) is 12.3 Å². The summed E-state index contributed by atoms with van der Waals surface area (Å²) in [6.07, 6.45) is 2.41. The van der Waals surface area contributed by atoms with Crippen molar-refractivity contribution in [1.82, 2.24) is 19.6 Å². The number of carbonyl (C=O) groups excluding carboxylic acids is 1. The van der Waals surface area contributed by atoms with Gasteiger partial charge in [-0.05, 0) is 50.6 Å². The molecule has 0 spiro atoms. The zero-order valence-electron chi connectivity index (χ0n) is 23.7. The van der Waals surface area contributed by atoms with Gasteiger partial charge in [0.05, 0.1) is 11.2 Å². The van der Waals surface area contributed by atoms with Gasteiger partial charge in [-0.3, -0.25) is 4.79 Å². The summed E-state index contributed by atoms with van der Waals surface area (Å²) < 4.78 is 13.6. The second-order valence-electron chi connectivity index (χ2n) is 10.8. The summed E-state index contributed by atoms with van der Waals surface area (Å²) in [7, 11) is 0. The monoisotopic (exact) mass is 589 g/mol. The van der Waals surface area contributed by atoms with Crippen LogP contribution in [0.25, 0.3) is 28.0 Å². The molecule has 0 bridgehead atoms. The molecule has 12 heteroatoms. The number of nitriles is 1. The van der Waals surface area contributed by atoms with Crippen molar-refractivity contribution in [2.75, 3.05) is 31.2 Å². The predicted molar refractivity (Wildman–Crippen MR) is 158 cm³/mol. The molecule has 1 aliphatic heterocycles. The molecule has 0 radical (unpaired) electrons. The van der Waals surface area contributed by atoms with Gasteiger partial charge in [-0.2, -0.15) is 19.9 Å². The molecule has 0 atom stereocenters. The van der Waals surface area contributed by atoms with Crippen LogP contribution in [-0.2, 0) is 9.53 Å². The lowest BCUT2D eigenvalue weighted by atomic mass is 9.90. The van der Waals surface area contributed by atoms with Gasteiger partial charge in [0.2, 0.25) is 11.8 Å². The summed E-state index contributed by atoms with van der Waals surface area (Å²) in [5.41, 5.74) is 7.26. The largest absolute Gasteiger partial charge is 0.474 e. The molecule has 1 saturated heterocycles. The molecule has 4 heterocycles. The molecule has 4 aromatic rings. The topological polar surface area (TPSA) is 152 Å². The molecule has 0 saturated carbocycles. The van der Waals surface area contributed by atoms with E-state index >= 15 is 0 Å². The summed E-state index contributed by atoms with van der Waals surface area (Å²) in [4.78, 5) is 23.5. The number of nitrogens with zero attached hydrogens (tertiary/aromatic N) is 6. The number of pyridine rings is 1. The fraction of sp³-hybridized carbons (Fsp3) is 0.367. The third-order valence-corrected chi connectivity index (χ3v) is 7.42. The first-order chi connectivity index (χ1) is 20.0. The molecule has 218 valence electrons. The normalized spacial score (nSPS) is 15.0. The summed E-state index contributed by atoms with van der Waals surface area (Å²) in [6.45, 7) is 6.49. The number of ether oxygens (including phenoxy) is 2. The van der Waals surface area contributed by atoms with Gasteiger partial charge in [0.1, 0.15) is 35.5 Å². The lowest BCUT2D eigenvalue weighted by molar-refractivity contribution is -0.146. The number of anilines is 1. The molecule has 42 heavy (non-hydrogen) atoms. The molecule has 3 aromatic heterocycles. The Balaban J connectivity index is 1.70. The number of amides is 1. The lowest BCUT2D eigenvalue weighted by Crippen LogP contribution is -2.54. The molecule has 1 aromatic carbocycles. The Kier molecular flexibility index (Phi) is 8.06. The number of rotatable bonds is 9. The quantitative estimate of drug-likeness (QED) is 0.295. The van der Waals surface area contributed by atoms with E-state index in [2.05, 4.69) is 9.88 Å². The summed E-state index contributed by atoms with van der Waals surface area (Å²) in [5.74, 6) is 0.511. The molecule has 3 N–H and O–H groups in total. The van der Waals surface area contributed by atoms with Gasteiger partial charge in [-0.1, -0.05) is 23.7 Å². The Hall–Kier alpha value is -4.24. The van der Waals surface area contributed by atoms with E-state index in [9.17, 15) is 15.2 Å². The molecule has 0 aliphatic carbocycles. The minimum absolute atomic E-state index is 0.0154. The Morgan fingerprint density at radius 1 is 1.19 bits per heavy atom. The van der Waals surface area contributed by atoms with Gasteiger partial charge in [-0.25, -0.2) is 4.98 Å². The van der Waals surface area contributed by atoms with E-state index in [4.69, 9.17) is 36.9 Å². The number of halogens is 1. The van der Waals surface area contributed by atoms with Crippen LogP contribution in [0.1, 0.15) is 39.3 Å². The molecule has 1 fully saturated rings. The van der Waals surface area contributed by atoms with Gasteiger partial charge in [0.15, 0.2) is 5.65 Å². The Labute approximate surface area is 248 Å². The zero-order chi connectivity index (χ0) is 30.1. The molecule has 0 unspecified atom stereocenters. The van der Waals surface area contributed by atoms with Crippen LogP contribution in [0.3, 0.4) is 0 Å². The summed E-state index contributed by atoms with van der Waals surface area (Å²) in [5, 5.41) is 25.2. The number of hydrogen-bond donors (Lipinski definition) is 2. The van der Waals surface area contributed by atoms with E-state index < -0.39 is 17.1 Å². The molecule has 11 nitrogen and oxygen atoms in total. The number of fused-ring (bicyclic) bond motifs is 1. The number of carbonyl (C=O) groups is 1. The van der Waals surface area contributed by atoms with E-state index in [1.54, 1.807) is 54.9 Å². The van der Waals surface area contributed by atoms with Crippen LogP contribution in [0.15, 0.2) is 48.7 Å². The number of aliphatic hydroxyl groups is 1. The van der Waals surface area contributed by atoms with Gasteiger partial charge in [-0.15, -0.1) is 0 Å². The van der Waals surface area contributed by atoms with Gasteiger partial charge >= 0.3 is 0 Å². The Bertz CT molecular complexity index is 1630. The second-order valence-corrected chi connectivity index (χ2v) is 11.3. The first-order valence-electron chi connectivity index (χ1n) is 13.6. The van der Waals surface area contributed by atoms with E-state index in [1.165, 1.54) is 0 Å². The maximum absolute atomic E-state index is 12.4. The van der Waals surface area contributed by atoms with E-state index in [0.717, 1.165) is 5.56 Å². The van der Waals surface area contributed by atoms with Gasteiger partial charge in [0.25, 0.3) is 0 Å². The third kappa shape index (κ3) is 5.87. The van der Waals surface area contributed by atoms with Crippen molar-refractivity contribution in [3.8, 4) is 34.3 Å². The minimum atomic E-state index is -1.09. The maximum atomic E-state index is 12.4. The van der Waals surface area contributed by atoms with Crippen molar-refractivity contribution < 1.29 is 19.4 Å². The molecule has 1 aliphatic rings. The smallest absolute Gasteiger partial charge is 0.249 e. The summed E-state index contributed by atoms with van der Waals surface area (Å²) in [6, 6.07) is 14.6. The van der Waals surface area contributed by atoms with Crippen LogP contribution in [0.5, 0.6) is 5.88 Å². The number of aromatic nitrogens is 4. The average molecular weight is 590 g/mol. The van der Waals surface area contributed by atoms with Crippen LogP contribution in [-0.4, -0.2) is 68.1 Å². The first-order valence-corrected chi connectivity index (χ1v) is 14.0. The first kappa shape index (κ1) is 29.3. The van der Waals surface area contributed by atoms with Crippen molar-refractivity contribution in [2.45, 2.75) is 44.8 Å². The fourth-order valence-corrected chi connectivity index (χ4v) is 5.18. The van der Waals surface area contributed by atoms with Crippen molar-refractivity contribution in [3.05, 3.63) is 59.4 Å². The van der Waals surface area contributed by atoms with Crippen molar-refractivity contribution >= 4 is 29.0 Å². The molecule has 5 rings (SSSR count). The van der Waals surface area contributed by atoms with Crippen molar-refractivity contribution in [2.24, 2.45) is 5.73 Å². The highest BCUT2D eigenvalue weighted by molar-refractivity contribution is 6.30. The van der Waals surface area contributed by atoms with Crippen LogP contribution in [0, 0.1) is 11.3 Å².